The van der Waals surface area contributed by atoms with Gasteiger partial charge in [0.25, 0.3) is 0 Å². The fourth-order valence-corrected chi connectivity index (χ4v) is 4.10. The van der Waals surface area contributed by atoms with E-state index in [4.69, 9.17) is 10.5 Å². The van der Waals surface area contributed by atoms with Crippen molar-refractivity contribution in [2.24, 2.45) is 5.73 Å². The second kappa shape index (κ2) is 9.88. The van der Waals surface area contributed by atoms with Crippen LogP contribution in [0.15, 0.2) is 71.4 Å². The van der Waals surface area contributed by atoms with Crippen molar-refractivity contribution in [1.82, 2.24) is 15.1 Å². The summed E-state index contributed by atoms with van der Waals surface area (Å²) in [6.45, 7) is 7.77. The van der Waals surface area contributed by atoms with Crippen molar-refractivity contribution in [3.8, 4) is 0 Å². The Morgan fingerprint density at radius 2 is 1.97 bits per heavy atom. The van der Waals surface area contributed by atoms with Crippen LogP contribution in [0.1, 0.15) is 25.0 Å². The predicted molar refractivity (Wildman–Crippen MR) is 125 cm³/mol. The lowest BCUT2D eigenvalue weighted by Gasteiger charge is -2.33. The number of ketones is 1. The second-order valence-electron chi connectivity index (χ2n) is 8.49. The predicted octanol–water partition coefficient (Wildman–Crippen LogP) is 2.83. The first kappa shape index (κ1) is 22.7. The number of nitrogens with one attached hydrogen (secondary N) is 1. The standard InChI is InChI=1S/C25H34N4O2/c1-17-6-8-20(9-7-17)16-31-25-18(2)12-21(15-29(25)5)13-27-14-22-23(26)10-11-28(4)24(22)19(3)30/h6-12,14,23-24,27H,13,15-16,26H2,1-5H3/b22-14+. The number of hydrogen-bond acceptors (Lipinski definition) is 6. The van der Waals surface area contributed by atoms with E-state index in [1.54, 1.807) is 6.92 Å². The number of ether oxygens (including phenoxy) is 1. The highest BCUT2D eigenvalue weighted by Crippen LogP contribution is 2.22. The number of rotatable bonds is 7. The van der Waals surface area contributed by atoms with Crippen LogP contribution in [0, 0.1) is 6.92 Å². The van der Waals surface area contributed by atoms with Crippen molar-refractivity contribution < 1.29 is 9.53 Å². The van der Waals surface area contributed by atoms with Gasteiger partial charge in [-0.05, 0) is 49.8 Å². The average Bonchev–Trinajstić information content (AvgIpc) is 2.71. The topological polar surface area (TPSA) is 70.8 Å². The number of allylic oxidation sites excluding steroid dienone is 2. The van der Waals surface area contributed by atoms with E-state index in [9.17, 15) is 4.79 Å². The van der Waals surface area contributed by atoms with Gasteiger partial charge in [-0.25, -0.2) is 0 Å². The molecule has 2 unspecified atom stereocenters. The highest BCUT2D eigenvalue weighted by molar-refractivity contribution is 5.85. The fourth-order valence-electron chi connectivity index (χ4n) is 4.10. The number of hydrogen-bond donors (Lipinski definition) is 2. The minimum atomic E-state index is -0.320. The SMILES string of the molecule is CC(=O)C1/C(=C/NCC2=CC(C)=C(OCc3ccc(C)cc3)N(C)C2)C(N)C=CN1C. The molecule has 2 atom stereocenters. The van der Waals surface area contributed by atoms with Crippen LogP contribution in [0.5, 0.6) is 0 Å². The van der Waals surface area contributed by atoms with E-state index in [0.29, 0.717) is 13.2 Å². The molecule has 0 amide bonds. The Kier molecular flexibility index (Phi) is 7.23. The maximum Gasteiger partial charge on any atom is 0.192 e. The summed E-state index contributed by atoms with van der Waals surface area (Å²) >= 11 is 0. The Hall–Kier alpha value is -2.99. The summed E-state index contributed by atoms with van der Waals surface area (Å²) in [6, 6.07) is 7.83. The fraction of sp³-hybridized carbons (Fsp3) is 0.400. The number of nitrogens with two attached hydrogens (primary N) is 1. The monoisotopic (exact) mass is 422 g/mol. The van der Waals surface area contributed by atoms with Crippen molar-refractivity contribution >= 4 is 5.78 Å². The first-order valence-corrected chi connectivity index (χ1v) is 10.7. The molecule has 6 heteroatoms. The van der Waals surface area contributed by atoms with E-state index in [0.717, 1.165) is 29.1 Å². The van der Waals surface area contributed by atoms with Crippen LogP contribution in [-0.2, 0) is 16.1 Å². The molecule has 0 fully saturated rings. The Bertz CT molecular complexity index is 927. The van der Waals surface area contributed by atoms with Crippen molar-refractivity contribution in [3.63, 3.8) is 0 Å². The minimum absolute atomic E-state index is 0.0844. The van der Waals surface area contributed by atoms with Crippen molar-refractivity contribution in [2.75, 3.05) is 27.2 Å². The highest BCUT2D eigenvalue weighted by atomic mass is 16.5. The number of Topliss-reactive ketones (excluding diaryl/α,β-unsaturated/α-hetero) is 1. The zero-order chi connectivity index (χ0) is 22.5. The first-order valence-electron chi connectivity index (χ1n) is 10.7. The molecule has 2 heterocycles. The molecular formula is C25H34N4O2. The maximum atomic E-state index is 12.1. The molecular weight excluding hydrogens is 388 g/mol. The summed E-state index contributed by atoms with van der Waals surface area (Å²) in [5.74, 6) is 0.987. The number of likely N-dealkylation sites (N-methyl/N-ethyl adjacent to an activating group) is 2. The molecule has 2 aliphatic rings. The van der Waals surface area contributed by atoms with E-state index in [1.165, 1.54) is 11.1 Å². The van der Waals surface area contributed by atoms with Gasteiger partial charge in [-0.1, -0.05) is 35.9 Å². The summed E-state index contributed by atoms with van der Waals surface area (Å²) < 4.78 is 6.11. The third kappa shape index (κ3) is 5.58. The molecule has 0 saturated carbocycles. The smallest absolute Gasteiger partial charge is 0.192 e. The Morgan fingerprint density at radius 1 is 1.26 bits per heavy atom. The van der Waals surface area contributed by atoms with Crippen LogP contribution in [0.25, 0.3) is 0 Å². The van der Waals surface area contributed by atoms with Crippen LogP contribution in [0.4, 0.5) is 0 Å². The first-order chi connectivity index (χ1) is 14.8. The van der Waals surface area contributed by atoms with Gasteiger partial charge in [0, 0.05) is 45.0 Å². The van der Waals surface area contributed by atoms with Crippen molar-refractivity contribution in [1.29, 1.82) is 0 Å². The van der Waals surface area contributed by atoms with Gasteiger partial charge in [-0.3, -0.25) is 4.79 Å². The van der Waals surface area contributed by atoms with Crippen molar-refractivity contribution in [3.05, 3.63) is 82.5 Å². The Labute approximate surface area is 185 Å². The second-order valence-corrected chi connectivity index (χ2v) is 8.49. The molecule has 3 rings (SSSR count). The Morgan fingerprint density at radius 3 is 2.61 bits per heavy atom. The molecule has 166 valence electrons. The summed E-state index contributed by atoms with van der Waals surface area (Å²) in [6.07, 6.45) is 7.86. The average molecular weight is 423 g/mol. The molecule has 3 N–H and O–H groups in total. The van der Waals surface area contributed by atoms with E-state index in [-0.39, 0.29) is 17.9 Å². The van der Waals surface area contributed by atoms with Gasteiger partial charge in [0.1, 0.15) is 12.6 Å². The molecule has 0 saturated heterocycles. The van der Waals surface area contributed by atoms with Crippen molar-refractivity contribution in [2.45, 2.75) is 39.5 Å². The summed E-state index contributed by atoms with van der Waals surface area (Å²) in [7, 11) is 3.94. The third-order valence-corrected chi connectivity index (χ3v) is 5.66. The lowest BCUT2D eigenvalue weighted by Crippen LogP contribution is -2.45. The lowest BCUT2D eigenvalue weighted by atomic mass is 9.93. The minimum Gasteiger partial charge on any atom is -0.474 e. The van der Waals surface area contributed by atoms with Crippen LogP contribution in [0.3, 0.4) is 0 Å². The van der Waals surface area contributed by atoms with Gasteiger partial charge >= 0.3 is 0 Å². The zero-order valence-electron chi connectivity index (χ0n) is 19.2. The van der Waals surface area contributed by atoms with Gasteiger partial charge < -0.3 is 25.6 Å². The van der Waals surface area contributed by atoms with E-state index < -0.39 is 0 Å². The number of benzene rings is 1. The summed E-state index contributed by atoms with van der Waals surface area (Å²) in [5.41, 5.74) is 11.9. The van der Waals surface area contributed by atoms with Gasteiger partial charge in [-0.15, -0.1) is 0 Å². The van der Waals surface area contributed by atoms with Gasteiger partial charge in [-0.2, -0.15) is 0 Å². The van der Waals surface area contributed by atoms with Crippen LogP contribution in [-0.4, -0.2) is 54.9 Å². The molecule has 0 aromatic heterocycles. The number of carbonyl (C=O) groups is 1. The van der Waals surface area contributed by atoms with E-state index in [2.05, 4.69) is 54.4 Å². The van der Waals surface area contributed by atoms with Gasteiger partial charge in [0.15, 0.2) is 11.7 Å². The molecule has 31 heavy (non-hydrogen) atoms. The zero-order valence-corrected chi connectivity index (χ0v) is 19.2. The molecule has 1 aromatic rings. The van der Waals surface area contributed by atoms with E-state index in [1.807, 2.05) is 37.5 Å². The summed E-state index contributed by atoms with van der Waals surface area (Å²) in [4.78, 5) is 16.1. The number of aryl methyl sites for hydroxylation is 1. The molecule has 2 aliphatic heterocycles. The third-order valence-electron chi connectivity index (χ3n) is 5.66. The molecule has 0 spiro atoms. The normalized spacial score (nSPS) is 22.6. The van der Waals surface area contributed by atoms with Gasteiger partial charge in [0.05, 0.1) is 0 Å². The number of nitrogens with zero attached hydrogens (tertiary/aromatic N) is 2. The quantitative estimate of drug-likeness (QED) is 0.704. The van der Waals surface area contributed by atoms with Crippen LogP contribution in [0.2, 0.25) is 0 Å². The highest BCUT2D eigenvalue weighted by Gasteiger charge is 2.28. The summed E-state index contributed by atoms with van der Waals surface area (Å²) in [5, 5.41) is 3.37. The molecule has 6 nitrogen and oxygen atoms in total. The van der Waals surface area contributed by atoms with Crippen LogP contribution < -0.4 is 11.1 Å². The van der Waals surface area contributed by atoms with Gasteiger partial charge in [0.2, 0.25) is 0 Å². The molecule has 0 bridgehead atoms. The Balaban J connectivity index is 1.64. The molecule has 0 radical (unpaired) electrons. The lowest BCUT2D eigenvalue weighted by molar-refractivity contribution is -0.120. The molecule has 1 aromatic carbocycles. The number of carbonyl (C=O) groups excluding carboxylic acids is 1. The molecule has 0 aliphatic carbocycles. The maximum absolute atomic E-state index is 12.1. The largest absolute Gasteiger partial charge is 0.474 e. The van der Waals surface area contributed by atoms with E-state index >= 15 is 0 Å². The van der Waals surface area contributed by atoms with Crippen LogP contribution >= 0.6 is 0 Å².